The molecule has 0 heterocycles. The molecule has 1 heteroatoms. The van der Waals surface area contributed by atoms with Gasteiger partial charge < -0.3 is 5.32 Å². The third kappa shape index (κ3) is 2.15. The molecule has 1 aromatic rings. The summed E-state index contributed by atoms with van der Waals surface area (Å²) in [5, 5.41) is 3.68. The van der Waals surface area contributed by atoms with Crippen LogP contribution in [0.1, 0.15) is 61.8 Å². The molecule has 0 aromatic heterocycles. The van der Waals surface area contributed by atoms with Gasteiger partial charge in [0.25, 0.3) is 0 Å². The molecule has 0 saturated carbocycles. The summed E-state index contributed by atoms with van der Waals surface area (Å²) in [5.41, 5.74) is 4.53. The number of nitrogens with one attached hydrogen (secondary N) is 1. The van der Waals surface area contributed by atoms with Crippen molar-refractivity contribution in [3.63, 3.8) is 0 Å². The largest absolute Gasteiger partial charge is 0.310 e. The van der Waals surface area contributed by atoms with Gasteiger partial charge >= 0.3 is 0 Å². The fourth-order valence-electron chi connectivity index (χ4n) is 2.80. The van der Waals surface area contributed by atoms with Crippen LogP contribution in [0.25, 0.3) is 0 Å². The molecule has 0 amide bonds. The number of fused-ring (bicyclic) bond motifs is 1. The van der Waals surface area contributed by atoms with Crippen molar-refractivity contribution in [1.82, 2.24) is 5.32 Å². The number of aryl methyl sites for hydroxylation is 1. The van der Waals surface area contributed by atoms with Crippen molar-refractivity contribution in [2.45, 2.75) is 52.0 Å². The van der Waals surface area contributed by atoms with Crippen LogP contribution in [0.2, 0.25) is 0 Å². The predicted octanol–water partition coefficient (Wildman–Crippen LogP) is 3.93. The van der Waals surface area contributed by atoms with E-state index in [-0.39, 0.29) is 0 Å². The molecule has 1 aliphatic carbocycles. The molecule has 0 radical (unpaired) electrons. The molecule has 0 spiro atoms. The molecule has 0 aliphatic heterocycles. The Bertz CT molecular complexity index is 356. The second kappa shape index (κ2) is 5.01. The molecule has 16 heavy (non-hydrogen) atoms. The van der Waals surface area contributed by atoms with Gasteiger partial charge in [0.2, 0.25) is 0 Å². The number of hydrogen-bond donors (Lipinski definition) is 1. The highest BCUT2D eigenvalue weighted by molar-refractivity contribution is 5.40. The van der Waals surface area contributed by atoms with Crippen LogP contribution in [-0.4, -0.2) is 6.54 Å². The zero-order valence-electron chi connectivity index (χ0n) is 10.7. The van der Waals surface area contributed by atoms with Gasteiger partial charge in [0, 0.05) is 6.04 Å². The molecular formula is C15H23N. The van der Waals surface area contributed by atoms with Crippen molar-refractivity contribution in [3.8, 4) is 0 Å². The van der Waals surface area contributed by atoms with Crippen molar-refractivity contribution in [2.75, 3.05) is 6.54 Å². The van der Waals surface area contributed by atoms with E-state index in [2.05, 4.69) is 44.3 Å². The minimum atomic E-state index is 0.597. The average molecular weight is 217 g/mol. The summed E-state index contributed by atoms with van der Waals surface area (Å²) < 4.78 is 0. The minimum Gasteiger partial charge on any atom is -0.310 e. The molecule has 2 atom stereocenters. The van der Waals surface area contributed by atoms with E-state index >= 15 is 0 Å². The van der Waals surface area contributed by atoms with Gasteiger partial charge in [0.15, 0.2) is 0 Å². The maximum absolute atomic E-state index is 3.68. The standard InChI is InChI=1S/C15H23N/c1-4-8-16-15-10-12(5-2)13-7-6-11(3)9-14(13)15/h6-7,9,12,15-16H,4-5,8,10H2,1-3H3. The maximum atomic E-state index is 3.68. The summed E-state index contributed by atoms with van der Waals surface area (Å²) in [6, 6.07) is 7.56. The molecule has 88 valence electrons. The molecule has 2 unspecified atom stereocenters. The van der Waals surface area contributed by atoms with Crippen molar-refractivity contribution >= 4 is 0 Å². The van der Waals surface area contributed by atoms with Crippen LogP contribution in [0.4, 0.5) is 0 Å². The van der Waals surface area contributed by atoms with Gasteiger partial charge in [-0.1, -0.05) is 37.6 Å². The summed E-state index contributed by atoms with van der Waals surface area (Å²) in [7, 11) is 0. The van der Waals surface area contributed by atoms with Crippen LogP contribution in [0.3, 0.4) is 0 Å². The average Bonchev–Trinajstić information content (AvgIpc) is 2.64. The molecule has 1 aromatic carbocycles. The summed E-state index contributed by atoms with van der Waals surface area (Å²) >= 11 is 0. The summed E-state index contributed by atoms with van der Waals surface area (Å²) in [6.45, 7) is 7.86. The Kier molecular flexibility index (Phi) is 3.65. The lowest BCUT2D eigenvalue weighted by Gasteiger charge is -2.13. The van der Waals surface area contributed by atoms with Crippen molar-refractivity contribution in [1.29, 1.82) is 0 Å². The normalized spacial score (nSPS) is 23.4. The first-order valence-corrected chi connectivity index (χ1v) is 6.60. The Labute approximate surface area is 99.3 Å². The molecular weight excluding hydrogens is 194 g/mol. The highest BCUT2D eigenvalue weighted by atomic mass is 14.9. The molecule has 1 aliphatic rings. The Balaban J connectivity index is 2.24. The monoisotopic (exact) mass is 217 g/mol. The lowest BCUT2D eigenvalue weighted by atomic mass is 9.98. The van der Waals surface area contributed by atoms with E-state index in [0.717, 1.165) is 12.5 Å². The topological polar surface area (TPSA) is 12.0 Å². The zero-order chi connectivity index (χ0) is 11.5. The Morgan fingerprint density at radius 3 is 2.75 bits per heavy atom. The Morgan fingerprint density at radius 2 is 2.06 bits per heavy atom. The Morgan fingerprint density at radius 1 is 1.25 bits per heavy atom. The highest BCUT2D eigenvalue weighted by Gasteiger charge is 2.28. The first-order valence-electron chi connectivity index (χ1n) is 6.60. The van der Waals surface area contributed by atoms with E-state index in [1.54, 1.807) is 11.1 Å². The second-order valence-corrected chi connectivity index (χ2v) is 4.98. The fraction of sp³-hybridized carbons (Fsp3) is 0.600. The van der Waals surface area contributed by atoms with Crippen LogP contribution in [0.15, 0.2) is 18.2 Å². The van der Waals surface area contributed by atoms with Crippen LogP contribution in [-0.2, 0) is 0 Å². The predicted molar refractivity (Wildman–Crippen MR) is 69.9 cm³/mol. The van der Waals surface area contributed by atoms with Crippen LogP contribution in [0, 0.1) is 6.92 Å². The fourth-order valence-corrected chi connectivity index (χ4v) is 2.80. The van der Waals surface area contributed by atoms with Gasteiger partial charge in [-0.25, -0.2) is 0 Å². The van der Waals surface area contributed by atoms with E-state index in [0.29, 0.717) is 6.04 Å². The summed E-state index contributed by atoms with van der Waals surface area (Å²) in [4.78, 5) is 0. The maximum Gasteiger partial charge on any atom is 0.0329 e. The number of benzene rings is 1. The van der Waals surface area contributed by atoms with Gasteiger partial charge in [0.05, 0.1) is 0 Å². The first kappa shape index (κ1) is 11.7. The third-order valence-electron chi connectivity index (χ3n) is 3.71. The molecule has 2 rings (SSSR count). The van der Waals surface area contributed by atoms with Crippen molar-refractivity contribution in [3.05, 3.63) is 34.9 Å². The molecule has 0 bridgehead atoms. The first-order chi connectivity index (χ1) is 7.76. The minimum absolute atomic E-state index is 0.597. The lowest BCUT2D eigenvalue weighted by molar-refractivity contribution is 0.488. The van der Waals surface area contributed by atoms with E-state index in [1.807, 2.05) is 0 Å². The summed E-state index contributed by atoms with van der Waals surface area (Å²) in [5.74, 6) is 0.768. The highest BCUT2D eigenvalue weighted by Crippen LogP contribution is 2.42. The van der Waals surface area contributed by atoms with Gasteiger partial charge in [-0.15, -0.1) is 0 Å². The van der Waals surface area contributed by atoms with Gasteiger partial charge in [-0.05, 0) is 49.8 Å². The number of hydrogen-bond acceptors (Lipinski definition) is 1. The summed E-state index contributed by atoms with van der Waals surface area (Å²) in [6.07, 6.45) is 3.77. The smallest absolute Gasteiger partial charge is 0.0329 e. The molecule has 0 fully saturated rings. The molecule has 1 nitrogen and oxygen atoms in total. The zero-order valence-corrected chi connectivity index (χ0v) is 10.7. The van der Waals surface area contributed by atoms with Crippen molar-refractivity contribution < 1.29 is 0 Å². The van der Waals surface area contributed by atoms with Crippen LogP contribution < -0.4 is 5.32 Å². The van der Waals surface area contributed by atoms with E-state index in [9.17, 15) is 0 Å². The second-order valence-electron chi connectivity index (χ2n) is 4.98. The Hall–Kier alpha value is -0.820. The van der Waals surface area contributed by atoms with Gasteiger partial charge in [-0.2, -0.15) is 0 Å². The number of rotatable bonds is 4. The molecule has 1 N–H and O–H groups in total. The van der Waals surface area contributed by atoms with E-state index in [1.165, 1.54) is 24.8 Å². The quantitative estimate of drug-likeness (QED) is 0.805. The van der Waals surface area contributed by atoms with E-state index in [4.69, 9.17) is 0 Å². The van der Waals surface area contributed by atoms with Gasteiger partial charge in [0.1, 0.15) is 0 Å². The van der Waals surface area contributed by atoms with Crippen LogP contribution >= 0.6 is 0 Å². The molecule has 0 saturated heterocycles. The SMILES string of the molecule is CCCNC1CC(CC)c2ccc(C)cc21. The van der Waals surface area contributed by atoms with Crippen molar-refractivity contribution in [2.24, 2.45) is 0 Å². The van der Waals surface area contributed by atoms with Crippen LogP contribution in [0.5, 0.6) is 0 Å². The van der Waals surface area contributed by atoms with Gasteiger partial charge in [-0.3, -0.25) is 0 Å². The van der Waals surface area contributed by atoms with E-state index < -0.39 is 0 Å². The third-order valence-corrected chi connectivity index (χ3v) is 3.71. The lowest BCUT2D eigenvalue weighted by Crippen LogP contribution is -2.20.